The summed E-state index contributed by atoms with van der Waals surface area (Å²) in [5.74, 6) is -1.16. The summed E-state index contributed by atoms with van der Waals surface area (Å²) in [6.45, 7) is 3.67. The summed E-state index contributed by atoms with van der Waals surface area (Å²) in [6.07, 6.45) is 1.08. The second kappa shape index (κ2) is 7.46. The SMILES string of the molecule is CCc1oc(C(=O)NC(C)Cc2cccc(Br)c2)cc1C(=O)O. The zero-order valence-electron chi connectivity index (χ0n) is 12.9. The van der Waals surface area contributed by atoms with Crippen LogP contribution in [0.15, 0.2) is 39.2 Å². The number of amides is 1. The highest BCUT2D eigenvalue weighted by Crippen LogP contribution is 2.17. The Labute approximate surface area is 142 Å². The van der Waals surface area contributed by atoms with Crippen LogP contribution in [0.3, 0.4) is 0 Å². The Morgan fingerprint density at radius 2 is 2.09 bits per heavy atom. The third-order valence-corrected chi connectivity index (χ3v) is 3.89. The Morgan fingerprint density at radius 3 is 2.65 bits per heavy atom. The van der Waals surface area contributed by atoms with E-state index in [1.807, 2.05) is 31.2 Å². The van der Waals surface area contributed by atoms with Gasteiger partial charge in [0, 0.05) is 23.0 Å². The minimum Gasteiger partial charge on any atom is -0.478 e. The molecule has 1 unspecified atom stereocenters. The summed E-state index contributed by atoms with van der Waals surface area (Å²) in [5.41, 5.74) is 1.13. The largest absolute Gasteiger partial charge is 0.478 e. The molecule has 2 aromatic rings. The molecule has 0 aliphatic heterocycles. The zero-order valence-corrected chi connectivity index (χ0v) is 14.5. The van der Waals surface area contributed by atoms with Crippen LogP contribution in [0, 0.1) is 0 Å². The monoisotopic (exact) mass is 379 g/mol. The summed E-state index contributed by atoms with van der Waals surface area (Å²) >= 11 is 3.41. The molecule has 0 aliphatic carbocycles. The number of carbonyl (C=O) groups excluding carboxylic acids is 1. The zero-order chi connectivity index (χ0) is 17.0. The Hall–Kier alpha value is -2.08. The molecule has 2 rings (SSSR count). The van der Waals surface area contributed by atoms with E-state index in [0.717, 1.165) is 10.0 Å². The van der Waals surface area contributed by atoms with Crippen LogP contribution < -0.4 is 5.32 Å². The number of aryl methyl sites for hydroxylation is 1. The van der Waals surface area contributed by atoms with Crippen molar-refractivity contribution in [3.63, 3.8) is 0 Å². The molecule has 0 radical (unpaired) electrons. The molecule has 122 valence electrons. The third-order valence-electron chi connectivity index (χ3n) is 3.39. The summed E-state index contributed by atoms with van der Waals surface area (Å²) in [6, 6.07) is 9.02. The predicted octanol–water partition coefficient (Wildman–Crippen LogP) is 3.66. The van der Waals surface area contributed by atoms with Gasteiger partial charge in [-0.25, -0.2) is 4.79 Å². The second-order valence-corrected chi connectivity index (χ2v) is 6.23. The molecule has 23 heavy (non-hydrogen) atoms. The van der Waals surface area contributed by atoms with Gasteiger partial charge in [-0.15, -0.1) is 0 Å². The maximum absolute atomic E-state index is 12.2. The first-order valence-electron chi connectivity index (χ1n) is 7.32. The number of benzene rings is 1. The van der Waals surface area contributed by atoms with Gasteiger partial charge in [0.25, 0.3) is 5.91 Å². The first-order valence-corrected chi connectivity index (χ1v) is 8.11. The lowest BCUT2D eigenvalue weighted by Gasteiger charge is -2.13. The Bertz CT molecular complexity index is 723. The number of carboxylic acid groups (broad SMARTS) is 1. The molecule has 0 bridgehead atoms. The number of nitrogens with one attached hydrogen (secondary N) is 1. The van der Waals surface area contributed by atoms with Crippen LogP contribution in [-0.2, 0) is 12.8 Å². The minimum absolute atomic E-state index is 0.0281. The van der Waals surface area contributed by atoms with E-state index in [9.17, 15) is 9.59 Å². The van der Waals surface area contributed by atoms with Crippen LogP contribution in [0.1, 0.15) is 46.1 Å². The van der Waals surface area contributed by atoms with Crippen LogP contribution in [0.2, 0.25) is 0 Å². The van der Waals surface area contributed by atoms with Gasteiger partial charge in [0.1, 0.15) is 11.3 Å². The van der Waals surface area contributed by atoms with Gasteiger partial charge in [0.05, 0.1) is 0 Å². The van der Waals surface area contributed by atoms with Crippen LogP contribution in [-0.4, -0.2) is 23.0 Å². The van der Waals surface area contributed by atoms with Crippen molar-refractivity contribution in [1.82, 2.24) is 5.32 Å². The summed E-state index contributed by atoms with van der Waals surface area (Å²) < 4.78 is 6.34. The number of halogens is 1. The summed E-state index contributed by atoms with van der Waals surface area (Å²) in [4.78, 5) is 23.3. The van der Waals surface area contributed by atoms with E-state index >= 15 is 0 Å². The standard InChI is InChI=1S/C17H18BrNO4/c1-3-14-13(17(21)22)9-15(23-14)16(20)19-10(2)7-11-5-4-6-12(18)8-11/h4-6,8-10H,3,7H2,1-2H3,(H,19,20)(H,21,22). The quantitative estimate of drug-likeness (QED) is 0.802. The summed E-state index contributed by atoms with van der Waals surface area (Å²) in [7, 11) is 0. The molecule has 1 amide bonds. The highest BCUT2D eigenvalue weighted by Gasteiger charge is 2.21. The van der Waals surface area contributed by atoms with Crippen molar-refractivity contribution < 1.29 is 19.1 Å². The van der Waals surface area contributed by atoms with Crippen LogP contribution in [0.4, 0.5) is 0 Å². The fourth-order valence-electron chi connectivity index (χ4n) is 2.35. The van der Waals surface area contributed by atoms with Gasteiger partial charge < -0.3 is 14.8 Å². The molecule has 0 aliphatic rings. The predicted molar refractivity (Wildman–Crippen MR) is 89.8 cm³/mol. The average molecular weight is 380 g/mol. The molecule has 6 heteroatoms. The Kier molecular flexibility index (Phi) is 5.60. The number of carboxylic acids is 1. The average Bonchev–Trinajstić information content (AvgIpc) is 2.91. The number of hydrogen-bond donors (Lipinski definition) is 2. The molecule has 0 saturated heterocycles. The molecular formula is C17H18BrNO4. The maximum Gasteiger partial charge on any atom is 0.339 e. The van der Waals surface area contributed by atoms with E-state index in [1.165, 1.54) is 6.07 Å². The summed E-state index contributed by atoms with van der Waals surface area (Å²) in [5, 5.41) is 11.9. The number of carbonyl (C=O) groups is 2. The lowest BCUT2D eigenvalue weighted by atomic mass is 10.1. The van der Waals surface area contributed by atoms with Crippen molar-refractivity contribution in [3.05, 3.63) is 57.5 Å². The third kappa shape index (κ3) is 4.45. The Balaban J connectivity index is 2.05. The van der Waals surface area contributed by atoms with Gasteiger partial charge in [0.2, 0.25) is 0 Å². The molecule has 0 saturated carbocycles. The minimum atomic E-state index is -1.09. The molecule has 5 nitrogen and oxygen atoms in total. The van der Waals surface area contributed by atoms with Gasteiger partial charge in [-0.05, 0) is 31.0 Å². The molecule has 1 aromatic heterocycles. The van der Waals surface area contributed by atoms with Crippen molar-refractivity contribution in [1.29, 1.82) is 0 Å². The van der Waals surface area contributed by atoms with Crippen molar-refractivity contribution in [2.45, 2.75) is 32.7 Å². The van der Waals surface area contributed by atoms with E-state index in [0.29, 0.717) is 18.6 Å². The van der Waals surface area contributed by atoms with Gasteiger partial charge >= 0.3 is 5.97 Å². The van der Waals surface area contributed by atoms with Crippen molar-refractivity contribution in [2.24, 2.45) is 0 Å². The maximum atomic E-state index is 12.2. The first kappa shape index (κ1) is 17.3. The Morgan fingerprint density at radius 1 is 1.35 bits per heavy atom. The number of aromatic carboxylic acids is 1. The fourth-order valence-corrected chi connectivity index (χ4v) is 2.79. The first-order chi connectivity index (χ1) is 10.9. The van der Waals surface area contributed by atoms with Crippen LogP contribution >= 0.6 is 15.9 Å². The van der Waals surface area contributed by atoms with E-state index in [4.69, 9.17) is 9.52 Å². The van der Waals surface area contributed by atoms with Crippen molar-refractivity contribution >= 4 is 27.8 Å². The number of furan rings is 1. The highest BCUT2D eigenvalue weighted by molar-refractivity contribution is 9.10. The van der Waals surface area contributed by atoms with Gasteiger partial charge in [-0.1, -0.05) is 35.0 Å². The molecule has 1 aromatic carbocycles. The lowest BCUT2D eigenvalue weighted by Crippen LogP contribution is -2.33. The molecular weight excluding hydrogens is 362 g/mol. The van der Waals surface area contributed by atoms with Crippen LogP contribution in [0.5, 0.6) is 0 Å². The van der Waals surface area contributed by atoms with Crippen LogP contribution in [0.25, 0.3) is 0 Å². The van der Waals surface area contributed by atoms with Crippen molar-refractivity contribution in [2.75, 3.05) is 0 Å². The topological polar surface area (TPSA) is 79.5 Å². The van der Waals surface area contributed by atoms with E-state index in [1.54, 1.807) is 6.92 Å². The smallest absolute Gasteiger partial charge is 0.339 e. The second-order valence-electron chi connectivity index (χ2n) is 5.31. The van der Waals surface area contributed by atoms with Gasteiger partial charge in [0.15, 0.2) is 5.76 Å². The van der Waals surface area contributed by atoms with E-state index in [2.05, 4.69) is 21.2 Å². The van der Waals surface area contributed by atoms with Crippen molar-refractivity contribution in [3.8, 4) is 0 Å². The molecule has 2 N–H and O–H groups in total. The molecule has 0 fully saturated rings. The molecule has 0 spiro atoms. The molecule has 1 heterocycles. The highest BCUT2D eigenvalue weighted by atomic mass is 79.9. The van der Waals surface area contributed by atoms with E-state index < -0.39 is 11.9 Å². The van der Waals surface area contributed by atoms with Gasteiger partial charge in [-0.3, -0.25) is 4.79 Å². The number of hydrogen-bond acceptors (Lipinski definition) is 3. The number of rotatable bonds is 6. The fraction of sp³-hybridized carbons (Fsp3) is 0.294. The van der Waals surface area contributed by atoms with Gasteiger partial charge in [-0.2, -0.15) is 0 Å². The lowest BCUT2D eigenvalue weighted by molar-refractivity contribution is 0.0694. The van der Waals surface area contributed by atoms with E-state index in [-0.39, 0.29) is 17.4 Å². The normalized spacial score (nSPS) is 12.0. The molecule has 1 atom stereocenters.